The molecule has 0 radical (unpaired) electrons. The molecule has 3 heterocycles. The standard InChI is InChI=1S/C91H129N13O27S/c1-7-13-79-130-74-53-69-67-24-21-63-52-65(105)27-30-89(63,5)80(67)72(106)54-90(69,6)91(74,131-79)73(107)57-128-58-96-84(112)60(4)97-88(116)129-56-61-19-22-64(23-20-61)98-85(113)70(17-12-31-95-87(92)115)99-86(114)81(59(2)3)100-77(110)29-36-121-40-44-125-47-49-126-45-41-122-37-32-93-75(108)25-26-78(111)103-55-62-14-8-9-15-66(62)83-82(68-16-10-11-18-71(68)103)101-102-104(83)34-38-123-42-46-127-50-48-124-43-39-120-35-28-76(109)94-33-51-132(117,118)119/h8-11,14-16,18-20,22-23,27,30,52,59-60,67,69-70,72,74,79-81,106H,7,12-13,17,21,24-26,28-29,31-51,53-58H2,1-6H3,(H,93,108)(H,94,109)(H,96,112)(H,97,116)(H,98,113)(H,99,114)(H,100,110)(H3,92,95,115)(H,117,118,119)/t60-,67-,69-,70-,72-,74+,79?,80+,81-,89-,90-,91+/m0/s1. The summed E-state index contributed by atoms with van der Waals surface area (Å²) in [7, 11) is -4.15. The molecule has 6 aliphatic rings. The number of ether oxygens (including phenoxy) is 12. The van der Waals surface area contributed by atoms with Gasteiger partial charge in [0.1, 0.15) is 43.8 Å². The number of anilines is 2. The minimum absolute atomic E-state index is 0.0192. The van der Waals surface area contributed by atoms with Crippen LogP contribution in [0.25, 0.3) is 22.5 Å². The summed E-state index contributed by atoms with van der Waals surface area (Å²) in [5, 5.41) is 42.2. The fourth-order valence-electron chi connectivity index (χ4n) is 18.0. The number of allylic oxidation sites excluding steroid dienone is 4. The van der Waals surface area contributed by atoms with Gasteiger partial charge in [-0.1, -0.05) is 112 Å². The van der Waals surface area contributed by atoms with Crippen molar-refractivity contribution >= 4 is 86.5 Å². The number of aliphatic hydroxyl groups excluding tert-OH is 1. The number of aliphatic hydroxyl groups is 1. The first kappa shape index (κ1) is 104. The molecule has 132 heavy (non-hydrogen) atoms. The molecule has 3 aromatic carbocycles. The van der Waals surface area contributed by atoms with Crippen LogP contribution in [0.15, 0.2) is 96.6 Å². The van der Waals surface area contributed by atoms with Crippen molar-refractivity contribution in [2.45, 2.75) is 181 Å². The van der Waals surface area contributed by atoms with Gasteiger partial charge in [0.2, 0.25) is 41.4 Å². The molecule has 4 fully saturated rings. The number of carbonyl (C=O) groups excluding carboxylic acids is 11. The van der Waals surface area contributed by atoms with Crippen LogP contribution in [0.2, 0.25) is 0 Å². The summed E-state index contributed by atoms with van der Waals surface area (Å²) in [4.78, 5) is 146. The lowest BCUT2D eigenvalue weighted by Crippen LogP contribution is -2.63. The highest BCUT2D eigenvalue weighted by atomic mass is 32.2. The number of nitrogens with two attached hydrogens (primary N) is 1. The van der Waals surface area contributed by atoms with E-state index in [9.17, 15) is 66.3 Å². The largest absolute Gasteiger partial charge is 0.445 e. The number of carbonyl (C=O) groups is 11. The molecule has 4 aliphatic carbocycles. The van der Waals surface area contributed by atoms with Crippen LogP contribution in [-0.2, 0) is 130 Å². The van der Waals surface area contributed by atoms with Crippen molar-refractivity contribution in [3.8, 4) is 22.5 Å². The summed E-state index contributed by atoms with van der Waals surface area (Å²) in [5.41, 5.74) is 8.83. The summed E-state index contributed by atoms with van der Waals surface area (Å²) < 4.78 is 101. The molecule has 1 saturated heterocycles. The minimum Gasteiger partial charge on any atom is -0.445 e. The molecule has 0 spiro atoms. The zero-order valence-electron chi connectivity index (χ0n) is 76.0. The zero-order valence-corrected chi connectivity index (χ0v) is 76.8. The first-order valence-electron chi connectivity index (χ1n) is 45.3. The van der Waals surface area contributed by atoms with Gasteiger partial charge < -0.3 is 115 Å². The SMILES string of the molecule is CCCC1O[C@@H]2C[C@H]3[C@@H]4CCC5=CC(=O)C=C[C@]5(C)[C@H]4[C@@H](O)C[C@]3(C)[C@]2(C(=O)COCNC(=O)[C@H](C)NC(=O)OCc2ccc(NC(=O)[C@H](CCCNC(N)=O)NC(=O)[C@@H](NC(=O)CCOCCOCCOCCOCCNC(=O)CCC(=O)N3Cc4ccccc4-c4c(nnn4CCOCCOCCOCCOCCC(=O)NCCS(=O)(=O)O)-c4ccccc43)C(C)C)cc2)O1. The topological polar surface area (TPSA) is 529 Å². The van der Waals surface area contributed by atoms with E-state index in [1.807, 2.05) is 68.5 Å². The van der Waals surface area contributed by atoms with E-state index in [-0.39, 0.29) is 198 Å². The Morgan fingerprint density at radius 2 is 1.30 bits per heavy atom. The molecule has 10 rings (SSSR count). The number of nitrogens with zero attached hydrogens (tertiary/aromatic N) is 4. The second-order valence-electron chi connectivity index (χ2n) is 34.1. The van der Waals surface area contributed by atoms with Crippen LogP contribution in [-0.4, -0.2) is 285 Å². The van der Waals surface area contributed by atoms with Gasteiger partial charge in [0.25, 0.3) is 10.1 Å². The van der Waals surface area contributed by atoms with Crippen molar-refractivity contribution in [2.75, 3.05) is 155 Å². The molecule has 3 saturated carbocycles. The van der Waals surface area contributed by atoms with Gasteiger partial charge in [0.15, 0.2) is 23.5 Å². The molecule has 0 bridgehead atoms. The maximum absolute atomic E-state index is 14.7. The number of rotatable bonds is 57. The van der Waals surface area contributed by atoms with Crippen LogP contribution in [0, 0.1) is 34.5 Å². The Morgan fingerprint density at radius 3 is 1.95 bits per heavy atom. The minimum atomic E-state index is -4.15. The Balaban J connectivity index is 0.549. The van der Waals surface area contributed by atoms with Crippen LogP contribution < -0.4 is 53.2 Å². The third-order valence-corrected chi connectivity index (χ3v) is 25.2. The maximum Gasteiger partial charge on any atom is 0.408 e. The fourth-order valence-corrected chi connectivity index (χ4v) is 18.4. The van der Waals surface area contributed by atoms with Gasteiger partial charge in [-0.15, -0.1) is 5.10 Å². The Kier molecular flexibility index (Phi) is 40.5. The molecule has 40 nitrogen and oxygen atoms in total. The second-order valence-corrected chi connectivity index (χ2v) is 35.6. The van der Waals surface area contributed by atoms with Crippen molar-refractivity contribution < 1.29 is 128 Å². The number of fused-ring (bicyclic) bond motifs is 12. The van der Waals surface area contributed by atoms with E-state index < -0.39 is 123 Å². The maximum atomic E-state index is 14.7. The third kappa shape index (κ3) is 29.4. The number of hydrogen-bond acceptors (Lipinski definition) is 28. The first-order valence-corrected chi connectivity index (χ1v) is 46.9. The Morgan fingerprint density at radius 1 is 0.674 bits per heavy atom. The molecule has 1 aromatic heterocycles. The molecule has 4 aromatic rings. The number of ketones is 2. The van der Waals surface area contributed by atoms with Crippen LogP contribution in [0.5, 0.6) is 0 Å². The number of para-hydroxylation sites is 1. The number of alkyl carbamates (subject to hydrolysis) is 1. The fraction of sp³-hybridized carbons (Fsp3) is 0.615. The molecular formula is C91H129N13O27S. The van der Waals surface area contributed by atoms with Crippen molar-refractivity contribution in [1.29, 1.82) is 0 Å². The number of aromatic nitrogens is 3. The van der Waals surface area contributed by atoms with Gasteiger partial charge in [-0.05, 0) is 111 Å². The molecule has 10 amide bonds. The lowest BCUT2D eigenvalue weighted by molar-refractivity contribution is -0.201. The summed E-state index contributed by atoms with van der Waals surface area (Å²) in [6.07, 6.45) is 6.11. The van der Waals surface area contributed by atoms with E-state index in [0.29, 0.717) is 87.0 Å². The third-order valence-electron chi connectivity index (χ3n) is 24.5. The van der Waals surface area contributed by atoms with Crippen LogP contribution in [0.3, 0.4) is 0 Å². The highest BCUT2D eigenvalue weighted by molar-refractivity contribution is 7.85. The number of nitrogens with one attached hydrogen (secondary N) is 8. The summed E-state index contributed by atoms with van der Waals surface area (Å²) in [5.74, 6) is -4.81. The van der Waals surface area contributed by atoms with Gasteiger partial charge in [-0.3, -0.25) is 47.7 Å². The summed E-state index contributed by atoms with van der Waals surface area (Å²) in [6, 6.07) is 17.5. The Hall–Kier alpha value is -10.1. The normalized spacial score (nSPS) is 21.6. The van der Waals surface area contributed by atoms with Crippen molar-refractivity contribution in [1.82, 2.24) is 52.2 Å². The zero-order chi connectivity index (χ0) is 94.8. The smallest absolute Gasteiger partial charge is 0.408 e. The van der Waals surface area contributed by atoms with Gasteiger partial charge >= 0.3 is 12.1 Å². The predicted octanol–water partition coefficient (Wildman–Crippen LogP) is 4.43. The van der Waals surface area contributed by atoms with Crippen LogP contribution in [0.4, 0.5) is 21.0 Å². The first-order chi connectivity index (χ1) is 63.4. The molecule has 12 N–H and O–H groups in total. The highest BCUT2D eigenvalue weighted by Gasteiger charge is 2.76. The van der Waals surface area contributed by atoms with Gasteiger partial charge in [-0.25, -0.2) is 14.3 Å². The highest BCUT2D eigenvalue weighted by Crippen LogP contribution is 2.70. The second kappa shape index (κ2) is 51.4. The number of benzene rings is 3. The molecule has 41 heteroatoms. The van der Waals surface area contributed by atoms with E-state index in [1.54, 1.807) is 59.8 Å². The average Bonchev–Trinajstić information content (AvgIpc) is 1.50. The number of amides is 10. The predicted molar refractivity (Wildman–Crippen MR) is 478 cm³/mol. The molecule has 1 unspecified atom stereocenters. The summed E-state index contributed by atoms with van der Waals surface area (Å²) >= 11 is 0. The molecule has 2 aliphatic heterocycles. The van der Waals surface area contributed by atoms with Crippen molar-refractivity contribution in [2.24, 2.45) is 40.2 Å². The Bertz CT molecular complexity index is 4730. The molecule has 12 atom stereocenters. The number of primary amides is 1. The van der Waals surface area contributed by atoms with Crippen molar-refractivity contribution in [3.05, 3.63) is 108 Å². The Labute approximate surface area is 768 Å². The monoisotopic (exact) mass is 1870 g/mol. The van der Waals surface area contributed by atoms with Gasteiger partial charge in [0.05, 0.1) is 148 Å². The number of urea groups is 1. The lowest BCUT2D eigenvalue weighted by Gasteiger charge is -2.59. The van der Waals surface area contributed by atoms with Gasteiger partial charge in [-0.2, -0.15) is 8.42 Å². The lowest BCUT2D eigenvalue weighted by atomic mass is 9.46. The van der Waals surface area contributed by atoms with E-state index in [1.165, 1.54) is 6.92 Å². The van der Waals surface area contributed by atoms with E-state index in [2.05, 4.69) is 59.8 Å². The molecule has 726 valence electrons. The van der Waals surface area contributed by atoms with Crippen molar-refractivity contribution in [3.63, 3.8) is 0 Å². The van der Waals surface area contributed by atoms with Crippen LogP contribution in [0.1, 0.15) is 130 Å². The molecular weight excluding hydrogens is 1740 g/mol. The van der Waals surface area contributed by atoms with Gasteiger partial charge in [0, 0.05) is 78.9 Å². The number of hydrogen-bond donors (Lipinski definition) is 11. The van der Waals surface area contributed by atoms with E-state index in [0.717, 1.165) is 35.2 Å². The average molecular weight is 1870 g/mol. The quantitative estimate of drug-likeness (QED) is 0.0165. The number of Topliss-reactive ketones (excluding diaryl/α,β-unsaturated/α-hetero) is 1. The van der Waals surface area contributed by atoms with E-state index >= 15 is 0 Å². The van der Waals surface area contributed by atoms with E-state index in [4.69, 9.17) is 67.1 Å². The summed E-state index contributed by atoms with van der Waals surface area (Å²) in [6.45, 7) is 14.7. The van der Waals surface area contributed by atoms with Crippen LogP contribution >= 0.6 is 0 Å².